The van der Waals surface area contributed by atoms with Crippen LogP contribution in [0.15, 0.2) is 30.3 Å². The van der Waals surface area contributed by atoms with Gasteiger partial charge in [0.05, 0.1) is 0 Å². The summed E-state index contributed by atoms with van der Waals surface area (Å²) in [6.45, 7) is 4.15. The summed E-state index contributed by atoms with van der Waals surface area (Å²) >= 11 is 0. The summed E-state index contributed by atoms with van der Waals surface area (Å²) in [6, 6.07) is 10.9. The minimum Gasteiger partial charge on any atom is -0.371 e. The van der Waals surface area contributed by atoms with Crippen LogP contribution in [0.25, 0.3) is 0 Å². The molecule has 3 rings (SSSR count). The SMILES string of the molecule is C[C@@H]1C[C@@H]1C(=O)NCCC(=O)N1CCC(N(C)c2ccccc2)CC1. The molecule has 2 amide bonds. The lowest BCUT2D eigenvalue weighted by molar-refractivity contribution is -0.132. The number of nitrogens with one attached hydrogen (secondary N) is 1. The van der Waals surface area contributed by atoms with E-state index in [0.717, 1.165) is 32.4 Å². The summed E-state index contributed by atoms with van der Waals surface area (Å²) in [4.78, 5) is 28.4. The third kappa shape index (κ3) is 4.53. The lowest BCUT2D eigenvalue weighted by Gasteiger charge is -2.38. The van der Waals surface area contributed by atoms with Crippen LogP contribution in [0, 0.1) is 11.8 Å². The van der Waals surface area contributed by atoms with Crippen molar-refractivity contribution in [2.75, 3.05) is 31.6 Å². The van der Waals surface area contributed by atoms with Gasteiger partial charge in [0.2, 0.25) is 11.8 Å². The normalized spacial score (nSPS) is 23.2. The van der Waals surface area contributed by atoms with Gasteiger partial charge in [-0.1, -0.05) is 25.1 Å². The van der Waals surface area contributed by atoms with Crippen LogP contribution >= 0.6 is 0 Å². The van der Waals surface area contributed by atoms with Crippen molar-refractivity contribution in [3.8, 4) is 0 Å². The number of piperidine rings is 1. The van der Waals surface area contributed by atoms with Gasteiger partial charge in [0.15, 0.2) is 0 Å². The Kier molecular flexibility index (Phi) is 5.61. The second kappa shape index (κ2) is 7.89. The fourth-order valence-electron chi connectivity index (χ4n) is 3.65. The van der Waals surface area contributed by atoms with E-state index in [1.807, 2.05) is 11.0 Å². The van der Waals surface area contributed by atoms with Crippen LogP contribution in [0.5, 0.6) is 0 Å². The van der Waals surface area contributed by atoms with E-state index in [9.17, 15) is 9.59 Å². The Morgan fingerprint density at radius 2 is 1.84 bits per heavy atom. The molecule has 25 heavy (non-hydrogen) atoms. The number of amides is 2. The number of nitrogens with zero attached hydrogens (tertiary/aromatic N) is 2. The maximum atomic E-state index is 12.3. The predicted octanol–water partition coefficient (Wildman–Crippen LogP) is 2.28. The predicted molar refractivity (Wildman–Crippen MR) is 99.3 cm³/mol. The van der Waals surface area contributed by atoms with E-state index in [4.69, 9.17) is 0 Å². The molecular formula is C20H29N3O2. The first kappa shape index (κ1) is 17.8. The number of rotatable bonds is 6. The van der Waals surface area contributed by atoms with Crippen molar-refractivity contribution < 1.29 is 9.59 Å². The monoisotopic (exact) mass is 343 g/mol. The number of likely N-dealkylation sites (tertiary alicyclic amines) is 1. The lowest BCUT2D eigenvalue weighted by atomic mass is 10.0. The van der Waals surface area contributed by atoms with Crippen LogP contribution < -0.4 is 10.2 Å². The molecule has 1 aliphatic carbocycles. The van der Waals surface area contributed by atoms with Gasteiger partial charge in [-0.15, -0.1) is 0 Å². The van der Waals surface area contributed by atoms with Crippen molar-refractivity contribution in [2.24, 2.45) is 11.8 Å². The standard InChI is InChI=1S/C20H29N3O2/c1-15-14-18(15)20(25)21-11-8-19(24)23-12-9-17(10-13-23)22(2)16-6-4-3-5-7-16/h3-7,15,17-18H,8-14H2,1-2H3,(H,21,25)/t15-,18+/m1/s1. The molecule has 2 aliphatic rings. The van der Waals surface area contributed by atoms with Gasteiger partial charge in [0.1, 0.15) is 0 Å². The molecule has 1 N–H and O–H groups in total. The van der Waals surface area contributed by atoms with Gasteiger partial charge in [-0.3, -0.25) is 9.59 Å². The summed E-state index contributed by atoms with van der Waals surface area (Å²) < 4.78 is 0. The van der Waals surface area contributed by atoms with Crippen LogP contribution in [-0.2, 0) is 9.59 Å². The number of hydrogen-bond acceptors (Lipinski definition) is 3. The van der Waals surface area contributed by atoms with Crippen LogP contribution in [-0.4, -0.2) is 49.4 Å². The number of benzene rings is 1. The maximum absolute atomic E-state index is 12.3. The van der Waals surface area contributed by atoms with Crippen molar-refractivity contribution in [3.63, 3.8) is 0 Å². The molecule has 0 radical (unpaired) electrons. The molecule has 1 heterocycles. The molecule has 2 atom stereocenters. The van der Waals surface area contributed by atoms with Crippen molar-refractivity contribution >= 4 is 17.5 Å². The van der Waals surface area contributed by atoms with E-state index in [2.05, 4.69) is 48.5 Å². The molecule has 0 spiro atoms. The Balaban J connectivity index is 1.38. The Morgan fingerprint density at radius 3 is 2.44 bits per heavy atom. The lowest BCUT2D eigenvalue weighted by Crippen LogP contribution is -2.46. The van der Waals surface area contributed by atoms with E-state index in [0.29, 0.717) is 24.9 Å². The summed E-state index contributed by atoms with van der Waals surface area (Å²) in [7, 11) is 2.13. The maximum Gasteiger partial charge on any atom is 0.224 e. The molecule has 5 heteroatoms. The van der Waals surface area contributed by atoms with Crippen molar-refractivity contribution in [3.05, 3.63) is 30.3 Å². The third-order valence-corrected chi connectivity index (χ3v) is 5.61. The summed E-state index contributed by atoms with van der Waals surface area (Å²) in [5.74, 6) is 0.962. The highest BCUT2D eigenvalue weighted by Crippen LogP contribution is 2.37. The zero-order chi connectivity index (χ0) is 17.8. The van der Waals surface area contributed by atoms with Gasteiger partial charge in [0.25, 0.3) is 0 Å². The highest BCUT2D eigenvalue weighted by atomic mass is 16.2. The molecule has 0 aromatic heterocycles. The van der Waals surface area contributed by atoms with Crippen molar-refractivity contribution in [2.45, 2.75) is 38.6 Å². The zero-order valence-electron chi connectivity index (χ0n) is 15.3. The average Bonchev–Trinajstić information content (AvgIpc) is 3.38. The van der Waals surface area contributed by atoms with Crippen molar-refractivity contribution in [1.82, 2.24) is 10.2 Å². The van der Waals surface area contributed by atoms with Gasteiger partial charge < -0.3 is 15.1 Å². The highest BCUT2D eigenvalue weighted by Gasteiger charge is 2.38. The van der Waals surface area contributed by atoms with Gasteiger partial charge in [-0.25, -0.2) is 0 Å². The molecule has 0 unspecified atom stereocenters. The topological polar surface area (TPSA) is 52.7 Å². The van der Waals surface area contributed by atoms with E-state index < -0.39 is 0 Å². The Hall–Kier alpha value is -2.04. The van der Waals surface area contributed by atoms with Gasteiger partial charge >= 0.3 is 0 Å². The zero-order valence-corrected chi connectivity index (χ0v) is 15.3. The number of para-hydroxylation sites is 1. The second-order valence-corrected chi connectivity index (χ2v) is 7.42. The highest BCUT2D eigenvalue weighted by molar-refractivity contribution is 5.82. The molecular weight excluding hydrogens is 314 g/mol. The number of carbonyl (C=O) groups is 2. The fourth-order valence-corrected chi connectivity index (χ4v) is 3.65. The molecule has 1 aromatic carbocycles. The first-order valence-corrected chi connectivity index (χ1v) is 9.39. The first-order chi connectivity index (χ1) is 12.1. The smallest absolute Gasteiger partial charge is 0.224 e. The van der Waals surface area contributed by atoms with E-state index >= 15 is 0 Å². The minimum atomic E-state index is 0.114. The molecule has 5 nitrogen and oxygen atoms in total. The molecule has 1 saturated heterocycles. The summed E-state index contributed by atoms with van der Waals surface area (Å²) in [5, 5.41) is 2.90. The van der Waals surface area contributed by atoms with Crippen LogP contribution in [0.2, 0.25) is 0 Å². The Labute approximate surface area is 150 Å². The number of anilines is 1. The Bertz CT molecular complexity index is 596. The van der Waals surface area contributed by atoms with Gasteiger partial charge in [-0.2, -0.15) is 0 Å². The van der Waals surface area contributed by atoms with Gasteiger partial charge in [-0.05, 0) is 37.3 Å². The van der Waals surface area contributed by atoms with Crippen LogP contribution in [0.1, 0.15) is 32.6 Å². The van der Waals surface area contributed by atoms with Crippen molar-refractivity contribution in [1.29, 1.82) is 0 Å². The second-order valence-electron chi connectivity index (χ2n) is 7.42. The molecule has 1 saturated carbocycles. The number of hydrogen-bond donors (Lipinski definition) is 1. The average molecular weight is 343 g/mol. The largest absolute Gasteiger partial charge is 0.371 e. The van der Waals surface area contributed by atoms with E-state index in [-0.39, 0.29) is 17.7 Å². The fraction of sp³-hybridized carbons (Fsp3) is 0.600. The van der Waals surface area contributed by atoms with E-state index in [1.165, 1.54) is 5.69 Å². The third-order valence-electron chi connectivity index (χ3n) is 5.61. The quantitative estimate of drug-likeness (QED) is 0.862. The summed E-state index contributed by atoms with van der Waals surface area (Å²) in [6.07, 6.45) is 3.38. The number of carbonyl (C=O) groups excluding carboxylic acids is 2. The van der Waals surface area contributed by atoms with Crippen LogP contribution in [0.3, 0.4) is 0 Å². The van der Waals surface area contributed by atoms with E-state index in [1.54, 1.807) is 0 Å². The minimum absolute atomic E-state index is 0.114. The molecule has 136 valence electrons. The molecule has 2 fully saturated rings. The Morgan fingerprint density at radius 1 is 1.20 bits per heavy atom. The summed E-state index contributed by atoms with van der Waals surface area (Å²) in [5.41, 5.74) is 1.23. The molecule has 1 aromatic rings. The first-order valence-electron chi connectivity index (χ1n) is 9.39. The molecule has 0 bridgehead atoms. The van der Waals surface area contributed by atoms with Crippen LogP contribution in [0.4, 0.5) is 5.69 Å². The molecule has 1 aliphatic heterocycles. The van der Waals surface area contributed by atoms with Gasteiger partial charge in [0, 0.05) is 50.7 Å².